The first-order valence-electron chi connectivity index (χ1n) is 11.0. The van der Waals surface area contributed by atoms with Crippen molar-refractivity contribution in [2.45, 2.75) is 45.3 Å². The molecule has 0 amide bonds. The van der Waals surface area contributed by atoms with Gasteiger partial charge in [-0.05, 0) is 32.4 Å². The Kier molecular flexibility index (Phi) is 6.30. The van der Waals surface area contributed by atoms with Crippen LogP contribution in [0.5, 0.6) is 5.75 Å². The minimum Gasteiger partial charge on any atom is -0.484 e. The normalized spacial score (nSPS) is 13.5. The highest BCUT2D eigenvalue weighted by Crippen LogP contribution is 2.26. The number of benzene rings is 1. The molecule has 1 aromatic carbocycles. The molecule has 9 nitrogen and oxygen atoms in total. The first-order chi connectivity index (χ1) is 16.1. The summed E-state index contributed by atoms with van der Waals surface area (Å²) in [5.74, 6) is 0.769. The Labute approximate surface area is 197 Å². The molecule has 3 aromatic heterocycles. The van der Waals surface area contributed by atoms with E-state index in [1.54, 1.807) is 54.9 Å². The predicted molar refractivity (Wildman–Crippen MR) is 128 cm³/mol. The summed E-state index contributed by atoms with van der Waals surface area (Å²) in [6.07, 6.45) is 7.93. The van der Waals surface area contributed by atoms with Gasteiger partial charge in [-0.15, -0.1) is 0 Å². The molecular formula is C25H28N6O3. The minimum atomic E-state index is -0.982. The first-order valence-corrected chi connectivity index (χ1v) is 11.0. The van der Waals surface area contributed by atoms with Crippen LogP contribution in [0.3, 0.4) is 0 Å². The molecule has 176 valence electrons. The van der Waals surface area contributed by atoms with Crippen molar-refractivity contribution >= 4 is 0 Å². The van der Waals surface area contributed by atoms with Gasteiger partial charge >= 0.3 is 0 Å². The van der Waals surface area contributed by atoms with Crippen molar-refractivity contribution in [3.05, 3.63) is 82.8 Å². The van der Waals surface area contributed by atoms with Crippen molar-refractivity contribution in [2.24, 2.45) is 7.05 Å². The van der Waals surface area contributed by atoms with E-state index in [9.17, 15) is 9.90 Å². The molecule has 0 radical (unpaired) electrons. The lowest BCUT2D eigenvalue weighted by Gasteiger charge is -2.26. The van der Waals surface area contributed by atoms with Crippen LogP contribution in [-0.4, -0.2) is 46.3 Å². The molecule has 4 aromatic rings. The SMILES string of the molecule is C[C@H](c1cccc(-c2ncc(O[C@H](C)C(C)(C)O)cn2)c1)c1nn(-c2cnn(C)c2)ccc1=O. The number of rotatable bonds is 7. The Morgan fingerprint density at radius 1 is 1.09 bits per heavy atom. The molecule has 0 aliphatic heterocycles. The molecule has 0 unspecified atom stereocenters. The molecule has 0 aliphatic carbocycles. The maximum atomic E-state index is 12.6. The van der Waals surface area contributed by atoms with Crippen LogP contribution in [0.25, 0.3) is 17.1 Å². The Bertz CT molecular complexity index is 1340. The third-order valence-corrected chi connectivity index (χ3v) is 5.78. The first kappa shape index (κ1) is 23.3. The molecule has 34 heavy (non-hydrogen) atoms. The van der Waals surface area contributed by atoms with Crippen LogP contribution in [0.4, 0.5) is 0 Å². The van der Waals surface area contributed by atoms with Gasteiger partial charge in [0.2, 0.25) is 5.43 Å². The molecule has 2 atom stereocenters. The third-order valence-electron chi connectivity index (χ3n) is 5.78. The van der Waals surface area contributed by atoms with Gasteiger partial charge in [0.25, 0.3) is 0 Å². The zero-order valence-corrected chi connectivity index (χ0v) is 19.9. The standard InChI is InChI=1S/C25H28N6O3/c1-16(23-22(32)9-10-31(29-23)20-12-28-30(5)15-20)18-7-6-8-19(11-18)24-26-13-21(14-27-24)34-17(2)25(3,4)33/h6-17,33H,1-5H3/t16-,17-/m1/s1. The van der Waals surface area contributed by atoms with Crippen molar-refractivity contribution < 1.29 is 9.84 Å². The molecule has 0 fully saturated rings. The fourth-order valence-electron chi connectivity index (χ4n) is 3.37. The van der Waals surface area contributed by atoms with E-state index >= 15 is 0 Å². The summed E-state index contributed by atoms with van der Waals surface area (Å²) in [5, 5.41) is 18.8. The maximum Gasteiger partial charge on any atom is 0.203 e. The minimum absolute atomic E-state index is 0.128. The van der Waals surface area contributed by atoms with E-state index in [0.717, 1.165) is 16.8 Å². The summed E-state index contributed by atoms with van der Waals surface area (Å²) in [7, 11) is 1.83. The van der Waals surface area contributed by atoms with Gasteiger partial charge in [-0.1, -0.05) is 25.1 Å². The summed E-state index contributed by atoms with van der Waals surface area (Å²) < 4.78 is 9.06. The van der Waals surface area contributed by atoms with E-state index in [2.05, 4.69) is 20.2 Å². The summed E-state index contributed by atoms with van der Waals surface area (Å²) >= 11 is 0. The lowest BCUT2D eigenvalue weighted by Crippen LogP contribution is -2.37. The van der Waals surface area contributed by atoms with Crippen molar-refractivity contribution in [2.75, 3.05) is 0 Å². The van der Waals surface area contributed by atoms with E-state index in [0.29, 0.717) is 17.3 Å². The van der Waals surface area contributed by atoms with E-state index in [-0.39, 0.29) is 11.3 Å². The highest BCUT2D eigenvalue weighted by molar-refractivity contribution is 5.57. The van der Waals surface area contributed by atoms with Crippen molar-refractivity contribution in [1.82, 2.24) is 29.5 Å². The van der Waals surface area contributed by atoms with E-state index < -0.39 is 11.7 Å². The van der Waals surface area contributed by atoms with Gasteiger partial charge in [-0.3, -0.25) is 9.48 Å². The second kappa shape index (κ2) is 9.18. The maximum absolute atomic E-state index is 12.6. The number of hydrogen-bond donors (Lipinski definition) is 1. The molecule has 9 heteroatoms. The van der Waals surface area contributed by atoms with Crippen LogP contribution in [0.15, 0.2) is 66.1 Å². The molecular weight excluding hydrogens is 432 g/mol. The summed E-state index contributed by atoms with van der Waals surface area (Å²) in [5.41, 5.74) is 1.84. The van der Waals surface area contributed by atoms with Crippen LogP contribution in [-0.2, 0) is 7.05 Å². The fourth-order valence-corrected chi connectivity index (χ4v) is 3.37. The average Bonchev–Trinajstić information content (AvgIpc) is 3.25. The monoisotopic (exact) mass is 460 g/mol. The highest BCUT2D eigenvalue weighted by Gasteiger charge is 2.24. The smallest absolute Gasteiger partial charge is 0.203 e. The molecule has 0 saturated heterocycles. The van der Waals surface area contributed by atoms with Gasteiger partial charge in [0.1, 0.15) is 17.5 Å². The van der Waals surface area contributed by atoms with Gasteiger partial charge in [-0.2, -0.15) is 10.2 Å². The topological polar surface area (TPSA) is 108 Å². The predicted octanol–water partition coefficient (Wildman–Crippen LogP) is 3.11. The highest BCUT2D eigenvalue weighted by atomic mass is 16.5. The second-order valence-corrected chi connectivity index (χ2v) is 8.89. The Morgan fingerprint density at radius 2 is 1.82 bits per heavy atom. The molecule has 0 spiro atoms. The number of aryl methyl sites for hydroxylation is 1. The van der Waals surface area contributed by atoms with Gasteiger partial charge in [-0.25, -0.2) is 14.6 Å². The van der Waals surface area contributed by atoms with Gasteiger partial charge in [0, 0.05) is 30.8 Å². The number of nitrogens with zero attached hydrogens (tertiary/aromatic N) is 6. The molecule has 0 saturated carbocycles. The van der Waals surface area contributed by atoms with E-state index in [1.165, 1.54) is 6.07 Å². The molecule has 1 N–H and O–H groups in total. The number of ether oxygens (including phenoxy) is 1. The van der Waals surface area contributed by atoms with Crippen molar-refractivity contribution in [1.29, 1.82) is 0 Å². The summed E-state index contributed by atoms with van der Waals surface area (Å²) in [6, 6.07) is 9.26. The number of hydrogen-bond acceptors (Lipinski definition) is 7. The lowest BCUT2D eigenvalue weighted by molar-refractivity contribution is -0.0244. The van der Waals surface area contributed by atoms with Crippen LogP contribution in [0, 0.1) is 0 Å². The van der Waals surface area contributed by atoms with Gasteiger partial charge in [0.05, 0.1) is 30.4 Å². The lowest BCUT2D eigenvalue weighted by atomic mass is 9.95. The zero-order chi connectivity index (χ0) is 24.5. The second-order valence-electron chi connectivity index (χ2n) is 8.89. The summed E-state index contributed by atoms with van der Waals surface area (Å²) in [6.45, 7) is 7.12. The van der Waals surface area contributed by atoms with Crippen LogP contribution in [0.1, 0.15) is 44.9 Å². The van der Waals surface area contributed by atoms with E-state index in [1.807, 2.05) is 44.4 Å². The number of aliphatic hydroxyl groups is 1. The largest absolute Gasteiger partial charge is 0.484 e. The third kappa shape index (κ3) is 5.04. The molecule has 3 heterocycles. The Hall–Kier alpha value is -3.85. The Morgan fingerprint density at radius 3 is 2.47 bits per heavy atom. The molecule has 0 aliphatic rings. The van der Waals surface area contributed by atoms with Crippen LogP contribution < -0.4 is 10.2 Å². The molecule has 0 bridgehead atoms. The van der Waals surface area contributed by atoms with Gasteiger partial charge in [0.15, 0.2) is 11.6 Å². The fraction of sp³-hybridized carbons (Fsp3) is 0.320. The number of aromatic nitrogens is 6. The average molecular weight is 461 g/mol. The van der Waals surface area contributed by atoms with Crippen LogP contribution >= 0.6 is 0 Å². The van der Waals surface area contributed by atoms with Crippen molar-refractivity contribution in [3.63, 3.8) is 0 Å². The zero-order valence-electron chi connectivity index (χ0n) is 19.9. The van der Waals surface area contributed by atoms with E-state index in [4.69, 9.17) is 4.74 Å². The van der Waals surface area contributed by atoms with Crippen LogP contribution in [0.2, 0.25) is 0 Å². The molecule has 4 rings (SSSR count). The van der Waals surface area contributed by atoms with Gasteiger partial charge < -0.3 is 9.84 Å². The summed E-state index contributed by atoms with van der Waals surface area (Å²) in [4.78, 5) is 21.5. The Balaban J connectivity index is 1.59. The quantitative estimate of drug-likeness (QED) is 0.451. The van der Waals surface area contributed by atoms with Crippen molar-refractivity contribution in [3.8, 4) is 22.8 Å².